The Hall–Kier alpha value is -0.800. The minimum Gasteiger partial charge on any atom is -0.463 e. The fourth-order valence-electron chi connectivity index (χ4n) is 2.39. The first-order valence-electron chi connectivity index (χ1n) is 5.69. The van der Waals surface area contributed by atoms with Gasteiger partial charge in [0.2, 0.25) is 0 Å². The highest BCUT2D eigenvalue weighted by Crippen LogP contribution is 2.28. The number of halogens is 1. The Morgan fingerprint density at radius 2 is 2.38 bits per heavy atom. The van der Waals surface area contributed by atoms with E-state index < -0.39 is 0 Å². The number of hydrogen-bond acceptors (Lipinski definition) is 2. The molecule has 84 valence electrons. The average Bonchev–Trinajstić information content (AvgIpc) is 2.90. The van der Waals surface area contributed by atoms with Crippen molar-refractivity contribution in [2.75, 3.05) is 13.1 Å². The number of nitrogens with one attached hydrogen (secondary N) is 1. The lowest BCUT2D eigenvalue weighted by Gasteiger charge is -2.07. The maximum absolute atomic E-state index is 5.41. The van der Waals surface area contributed by atoms with Gasteiger partial charge in [-0.2, -0.15) is 0 Å². The number of furan rings is 1. The number of rotatable bonds is 2. The Bertz CT molecular complexity index is 500. The minimum atomic E-state index is 0.795. The molecule has 1 aromatic heterocycles. The second kappa shape index (κ2) is 4.22. The zero-order chi connectivity index (χ0) is 11.0. The van der Waals surface area contributed by atoms with Crippen molar-refractivity contribution in [2.24, 2.45) is 5.92 Å². The van der Waals surface area contributed by atoms with Crippen LogP contribution in [0.3, 0.4) is 0 Å². The predicted molar refractivity (Wildman–Crippen MR) is 68.6 cm³/mol. The lowest BCUT2D eigenvalue weighted by molar-refractivity contribution is 0.580. The summed E-state index contributed by atoms with van der Waals surface area (Å²) in [5.74, 6) is 0.795. The van der Waals surface area contributed by atoms with Crippen molar-refractivity contribution in [1.29, 1.82) is 0 Å². The third-order valence-corrected chi connectivity index (χ3v) is 3.89. The molecule has 2 aromatic rings. The maximum atomic E-state index is 5.41. The summed E-state index contributed by atoms with van der Waals surface area (Å²) in [7, 11) is 0. The van der Waals surface area contributed by atoms with Gasteiger partial charge in [0.25, 0.3) is 0 Å². The molecule has 1 unspecified atom stereocenters. The summed E-state index contributed by atoms with van der Waals surface area (Å²) >= 11 is 3.51. The largest absolute Gasteiger partial charge is 0.463 e. The first-order valence-corrected chi connectivity index (χ1v) is 6.48. The Balaban J connectivity index is 1.88. The molecule has 1 saturated heterocycles. The van der Waals surface area contributed by atoms with E-state index >= 15 is 0 Å². The van der Waals surface area contributed by atoms with Crippen molar-refractivity contribution in [3.63, 3.8) is 0 Å². The normalized spacial score (nSPS) is 20.7. The lowest BCUT2D eigenvalue weighted by Crippen LogP contribution is -2.10. The summed E-state index contributed by atoms with van der Waals surface area (Å²) in [5, 5.41) is 4.59. The Labute approximate surface area is 103 Å². The highest BCUT2D eigenvalue weighted by molar-refractivity contribution is 9.10. The zero-order valence-electron chi connectivity index (χ0n) is 9.00. The molecule has 0 radical (unpaired) electrons. The van der Waals surface area contributed by atoms with Crippen LogP contribution in [0.1, 0.15) is 12.0 Å². The van der Waals surface area contributed by atoms with Crippen LogP contribution in [0, 0.1) is 5.92 Å². The van der Waals surface area contributed by atoms with Crippen molar-refractivity contribution in [3.05, 3.63) is 34.5 Å². The second-order valence-corrected chi connectivity index (χ2v) is 5.33. The first-order chi connectivity index (χ1) is 7.83. The molecule has 0 spiro atoms. The third kappa shape index (κ3) is 1.89. The predicted octanol–water partition coefficient (Wildman–Crippen LogP) is 3.35. The molecule has 3 heteroatoms. The maximum Gasteiger partial charge on any atom is 0.135 e. The van der Waals surface area contributed by atoms with Crippen LogP contribution in [0.4, 0.5) is 0 Å². The molecule has 0 bridgehead atoms. The molecule has 1 atom stereocenters. The quantitative estimate of drug-likeness (QED) is 0.912. The summed E-state index contributed by atoms with van der Waals surface area (Å²) in [5.41, 5.74) is 2.36. The number of fused-ring (bicyclic) bond motifs is 1. The Kier molecular flexibility index (Phi) is 2.74. The highest BCUT2D eigenvalue weighted by atomic mass is 79.9. The van der Waals surface area contributed by atoms with E-state index in [2.05, 4.69) is 39.4 Å². The van der Waals surface area contributed by atoms with E-state index in [1.54, 1.807) is 6.26 Å². The molecule has 1 aromatic carbocycles. The van der Waals surface area contributed by atoms with Gasteiger partial charge in [0.15, 0.2) is 0 Å². The van der Waals surface area contributed by atoms with Gasteiger partial charge >= 0.3 is 0 Å². The smallest absolute Gasteiger partial charge is 0.135 e. The van der Waals surface area contributed by atoms with Crippen molar-refractivity contribution in [2.45, 2.75) is 12.8 Å². The highest BCUT2D eigenvalue weighted by Gasteiger charge is 2.15. The van der Waals surface area contributed by atoms with Crippen LogP contribution in [0.2, 0.25) is 0 Å². The van der Waals surface area contributed by atoms with Crippen LogP contribution >= 0.6 is 15.9 Å². The number of benzene rings is 1. The van der Waals surface area contributed by atoms with Crippen LogP contribution in [-0.4, -0.2) is 13.1 Å². The molecular weight excluding hydrogens is 266 g/mol. The van der Waals surface area contributed by atoms with Crippen molar-refractivity contribution >= 4 is 26.9 Å². The monoisotopic (exact) mass is 279 g/mol. The van der Waals surface area contributed by atoms with Gasteiger partial charge in [-0.3, -0.25) is 0 Å². The molecule has 1 fully saturated rings. The molecule has 2 heterocycles. The van der Waals surface area contributed by atoms with E-state index in [1.165, 1.54) is 30.3 Å². The van der Waals surface area contributed by atoms with Crippen LogP contribution in [0.15, 0.2) is 33.4 Å². The minimum absolute atomic E-state index is 0.795. The van der Waals surface area contributed by atoms with Gasteiger partial charge in [-0.05, 0) is 65.5 Å². The molecule has 16 heavy (non-hydrogen) atoms. The zero-order valence-corrected chi connectivity index (χ0v) is 10.6. The van der Waals surface area contributed by atoms with E-state index in [-0.39, 0.29) is 0 Å². The Morgan fingerprint density at radius 1 is 1.44 bits per heavy atom. The lowest BCUT2D eigenvalue weighted by atomic mass is 9.98. The fourth-order valence-corrected chi connectivity index (χ4v) is 2.80. The summed E-state index contributed by atoms with van der Waals surface area (Å²) in [6, 6.07) is 6.48. The van der Waals surface area contributed by atoms with Gasteiger partial charge in [0, 0.05) is 5.39 Å². The SMILES string of the molecule is Brc1coc2ccc(CC3CCNC3)cc12. The average molecular weight is 280 g/mol. The molecule has 0 aliphatic carbocycles. The molecule has 1 N–H and O–H groups in total. The summed E-state index contributed by atoms with van der Waals surface area (Å²) < 4.78 is 6.46. The molecule has 0 amide bonds. The van der Waals surface area contributed by atoms with Gasteiger partial charge in [-0.1, -0.05) is 6.07 Å². The van der Waals surface area contributed by atoms with Gasteiger partial charge in [-0.15, -0.1) is 0 Å². The van der Waals surface area contributed by atoms with Crippen molar-refractivity contribution in [1.82, 2.24) is 5.32 Å². The van der Waals surface area contributed by atoms with Crippen LogP contribution < -0.4 is 5.32 Å². The number of hydrogen-bond donors (Lipinski definition) is 1. The first kappa shape index (κ1) is 10.4. The molecule has 1 aliphatic rings. The van der Waals surface area contributed by atoms with Crippen LogP contribution in [0.25, 0.3) is 11.0 Å². The molecular formula is C13H14BrNO. The van der Waals surface area contributed by atoms with E-state index in [0.717, 1.165) is 22.5 Å². The van der Waals surface area contributed by atoms with Gasteiger partial charge < -0.3 is 9.73 Å². The van der Waals surface area contributed by atoms with Crippen molar-refractivity contribution in [3.8, 4) is 0 Å². The standard InChI is InChI=1S/C13H14BrNO/c14-12-8-16-13-2-1-9(6-11(12)13)5-10-3-4-15-7-10/h1-2,6,8,10,15H,3-5,7H2. The van der Waals surface area contributed by atoms with E-state index in [0.29, 0.717) is 0 Å². The summed E-state index contributed by atoms with van der Waals surface area (Å²) in [6.45, 7) is 2.33. The molecule has 3 rings (SSSR count). The summed E-state index contributed by atoms with van der Waals surface area (Å²) in [4.78, 5) is 0. The molecule has 2 nitrogen and oxygen atoms in total. The van der Waals surface area contributed by atoms with Gasteiger partial charge in [0.1, 0.15) is 11.8 Å². The third-order valence-electron chi connectivity index (χ3n) is 3.28. The van der Waals surface area contributed by atoms with Gasteiger partial charge in [0.05, 0.1) is 4.47 Å². The van der Waals surface area contributed by atoms with E-state index in [9.17, 15) is 0 Å². The van der Waals surface area contributed by atoms with Crippen molar-refractivity contribution < 1.29 is 4.42 Å². The molecule has 1 aliphatic heterocycles. The van der Waals surface area contributed by atoms with Crippen LogP contribution in [-0.2, 0) is 6.42 Å². The fraction of sp³-hybridized carbons (Fsp3) is 0.385. The van der Waals surface area contributed by atoms with Crippen LogP contribution in [0.5, 0.6) is 0 Å². The topological polar surface area (TPSA) is 25.2 Å². The van der Waals surface area contributed by atoms with E-state index in [1.807, 2.05) is 0 Å². The Morgan fingerprint density at radius 3 is 3.19 bits per heavy atom. The molecule has 0 saturated carbocycles. The summed E-state index contributed by atoms with van der Waals surface area (Å²) in [6.07, 6.45) is 4.22. The van der Waals surface area contributed by atoms with Gasteiger partial charge in [-0.25, -0.2) is 0 Å². The second-order valence-electron chi connectivity index (χ2n) is 4.48. The van der Waals surface area contributed by atoms with E-state index in [4.69, 9.17) is 4.42 Å².